The summed E-state index contributed by atoms with van der Waals surface area (Å²) in [5.74, 6) is -0.808. The molecule has 0 bridgehead atoms. The van der Waals surface area contributed by atoms with E-state index < -0.39 is 12.0 Å². The summed E-state index contributed by atoms with van der Waals surface area (Å²) >= 11 is 0. The van der Waals surface area contributed by atoms with Gasteiger partial charge in [0, 0.05) is 13.7 Å². The molecule has 2 N–H and O–H groups in total. The van der Waals surface area contributed by atoms with Gasteiger partial charge in [0.2, 0.25) is 0 Å². The molecule has 0 aliphatic heterocycles. The zero-order chi connectivity index (χ0) is 13.4. The standard InChI is InChI=1S/C11H22N2O4/c1-5-17-7-9(8(2)3)12-11(16)13(4)6-10(14)15/h8-9H,5-7H2,1-4H3,(H,12,16)(H,14,15). The second-order valence-corrected chi connectivity index (χ2v) is 4.21. The van der Waals surface area contributed by atoms with Crippen LogP contribution in [0.1, 0.15) is 20.8 Å². The molecular formula is C11H22N2O4. The van der Waals surface area contributed by atoms with Crippen LogP contribution in [0.5, 0.6) is 0 Å². The predicted molar refractivity (Wildman–Crippen MR) is 63.9 cm³/mol. The summed E-state index contributed by atoms with van der Waals surface area (Å²) in [4.78, 5) is 23.2. The van der Waals surface area contributed by atoms with Crippen molar-refractivity contribution in [2.75, 3.05) is 26.8 Å². The van der Waals surface area contributed by atoms with Gasteiger partial charge in [-0.2, -0.15) is 0 Å². The number of nitrogens with one attached hydrogen (secondary N) is 1. The van der Waals surface area contributed by atoms with Crippen molar-refractivity contribution in [3.63, 3.8) is 0 Å². The van der Waals surface area contributed by atoms with Gasteiger partial charge in [0.15, 0.2) is 0 Å². The van der Waals surface area contributed by atoms with Crippen LogP contribution < -0.4 is 5.32 Å². The third kappa shape index (κ3) is 6.78. The summed E-state index contributed by atoms with van der Waals surface area (Å²) in [5.41, 5.74) is 0. The minimum atomic E-state index is -1.03. The topological polar surface area (TPSA) is 78.9 Å². The van der Waals surface area contributed by atoms with E-state index in [1.165, 1.54) is 7.05 Å². The maximum Gasteiger partial charge on any atom is 0.323 e. The highest BCUT2D eigenvalue weighted by Crippen LogP contribution is 2.03. The summed E-state index contributed by atoms with van der Waals surface area (Å²) in [5, 5.41) is 11.3. The fourth-order valence-electron chi connectivity index (χ4n) is 1.19. The number of carbonyl (C=O) groups excluding carboxylic acids is 1. The number of aliphatic carboxylic acids is 1. The molecule has 0 heterocycles. The van der Waals surface area contributed by atoms with Crippen LogP contribution in [0.3, 0.4) is 0 Å². The molecule has 0 aromatic carbocycles. The lowest BCUT2D eigenvalue weighted by molar-refractivity contribution is -0.137. The first-order valence-corrected chi connectivity index (χ1v) is 5.69. The number of carboxylic acid groups (broad SMARTS) is 1. The van der Waals surface area contributed by atoms with Gasteiger partial charge in [-0.25, -0.2) is 4.79 Å². The third-order valence-electron chi connectivity index (χ3n) is 2.33. The van der Waals surface area contributed by atoms with Gasteiger partial charge in [0.25, 0.3) is 0 Å². The second kappa shape index (κ2) is 7.89. The SMILES string of the molecule is CCOCC(NC(=O)N(C)CC(=O)O)C(C)C. The van der Waals surface area contributed by atoms with Crippen LogP contribution in [0.15, 0.2) is 0 Å². The van der Waals surface area contributed by atoms with E-state index in [-0.39, 0.29) is 18.5 Å². The van der Waals surface area contributed by atoms with E-state index in [4.69, 9.17) is 9.84 Å². The molecule has 0 aromatic rings. The molecule has 0 spiro atoms. The molecule has 0 saturated heterocycles. The van der Waals surface area contributed by atoms with E-state index in [1.807, 2.05) is 20.8 Å². The monoisotopic (exact) mass is 246 g/mol. The molecule has 0 aliphatic rings. The average molecular weight is 246 g/mol. The van der Waals surface area contributed by atoms with Gasteiger partial charge in [0.05, 0.1) is 12.6 Å². The molecule has 6 heteroatoms. The fraction of sp³-hybridized carbons (Fsp3) is 0.818. The Hall–Kier alpha value is -1.30. The van der Waals surface area contributed by atoms with Gasteiger partial charge in [-0.1, -0.05) is 13.8 Å². The lowest BCUT2D eigenvalue weighted by atomic mass is 10.1. The lowest BCUT2D eigenvalue weighted by Crippen LogP contribution is -2.48. The Morgan fingerprint density at radius 3 is 2.41 bits per heavy atom. The van der Waals surface area contributed by atoms with E-state index >= 15 is 0 Å². The molecule has 100 valence electrons. The van der Waals surface area contributed by atoms with Crippen LogP contribution in [0.25, 0.3) is 0 Å². The van der Waals surface area contributed by atoms with Crippen molar-refractivity contribution in [1.29, 1.82) is 0 Å². The maximum absolute atomic E-state index is 11.7. The number of rotatable bonds is 7. The normalized spacial score (nSPS) is 12.3. The Balaban J connectivity index is 4.24. The number of urea groups is 1. The summed E-state index contributed by atoms with van der Waals surface area (Å²) in [7, 11) is 1.45. The van der Waals surface area contributed by atoms with Gasteiger partial charge >= 0.3 is 12.0 Å². The summed E-state index contributed by atoms with van der Waals surface area (Å²) < 4.78 is 5.27. The van der Waals surface area contributed by atoms with Crippen molar-refractivity contribution in [3.05, 3.63) is 0 Å². The molecule has 0 aliphatic carbocycles. The van der Waals surface area contributed by atoms with Gasteiger partial charge in [-0.05, 0) is 12.8 Å². The molecule has 0 rings (SSSR count). The Kier molecular flexibility index (Phi) is 7.29. The number of ether oxygens (including phenoxy) is 1. The van der Waals surface area contributed by atoms with Gasteiger partial charge < -0.3 is 20.1 Å². The van der Waals surface area contributed by atoms with E-state index in [0.717, 1.165) is 4.90 Å². The van der Waals surface area contributed by atoms with Crippen molar-refractivity contribution in [2.24, 2.45) is 5.92 Å². The smallest absolute Gasteiger partial charge is 0.323 e. The number of hydrogen-bond acceptors (Lipinski definition) is 3. The van der Waals surface area contributed by atoms with E-state index in [1.54, 1.807) is 0 Å². The van der Waals surface area contributed by atoms with E-state index in [9.17, 15) is 9.59 Å². The zero-order valence-corrected chi connectivity index (χ0v) is 10.9. The predicted octanol–water partition coefficient (Wildman–Crippen LogP) is 0.773. The molecule has 2 amide bonds. The molecular weight excluding hydrogens is 224 g/mol. The van der Waals surface area contributed by atoms with Crippen molar-refractivity contribution >= 4 is 12.0 Å². The summed E-state index contributed by atoms with van der Waals surface area (Å²) in [6.07, 6.45) is 0. The van der Waals surface area contributed by atoms with Gasteiger partial charge in [-0.3, -0.25) is 4.79 Å². The molecule has 1 unspecified atom stereocenters. The average Bonchev–Trinajstić information content (AvgIpc) is 2.22. The van der Waals surface area contributed by atoms with Crippen LogP contribution in [-0.2, 0) is 9.53 Å². The highest BCUT2D eigenvalue weighted by atomic mass is 16.5. The summed E-state index contributed by atoms with van der Waals surface area (Å²) in [6, 6.07) is -0.510. The number of nitrogens with zero attached hydrogens (tertiary/aromatic N) is 1. The fourth-order valence-corrected chi connectivity index (χ4v) is 1.19. The molecule has 0 fully saturated rings. The first-order valence-electron chi connectivity index (χ1n) is 5.69. The Morgan fingerprint density at radius 2 is 2.00 bits per heavy atom. The van der Waals surface area contributed by atoms with Crippen LogP contribution in [0, 0.1) is 5.92 Å². The third-order valence-corrected chi connectivity index (χ3v) is 2.33. The van der Waals surface area contributed by atoms with Crippen LogP contribution in [0.4, 0.5) is 4.79 Å². The molecule has 0 aromatic heterocycles. The van der Waals surface area contributed by atoms with Crippen LogP contribution in [-0.4, -0.2) is 54.9 Å². The van der Waals surface area contributed by atoms with Crippen molar-refractivity contribution in [3.8, 4) is 0 Å². The van der Waals surface area contributed by atoms with Crippen LogP contribution in [0.2, 0.25) is 0 Å². The molecule has 0 radical (unpaired) electrons. The van der Waals surface area contributed by atoms with Crippen LogP contribution >= 0.6 is 0 Å². The minimum Gasteiger partial charge on any atom is -0.480 e. The highest BCUT2D eigenvalue weighted by Gasteiger charge is 2.19. The Bertz CT molecular complexity index is 256. The summed E-state index contributed by atoms with van der Waals surface area (Å²) in [6.45, 7) is 6.54. The quantitative estimate of drug-likeness (QED) is 0.695. The minimum absolute atomic E-state index is 0.112. The largest absolute Gasteiger partial charge is 0.480 e. The zero-order valence-electron chi connectivity index (χ0n) is 10.9. The highest BCUT2D eigenvalue weighted by molar-refractivity contribution is 5.79. The first-order chi connectivity index (χ1) is 7.88. The Labute approximate surface area is 102 Å². The maximum atomic E-state index is 11.7. The van der Waals surface area contributed by atoms with Crippen molar-refractivity contribution in [2.45, 2.75) is 26.8 Å². The number of likely N-dealkylation sites (N-methyl/N-ethyl adjacent to an activating group) is 1. The number of carboxylic acids is 1. The Morgan fingerprint density at radius 1 is 1.41 bits per heavy atom. The lowest BCUT2D eigenvalue weighted by Gasteiger charge is -2.25. The molecule has 6 nitrogen and oxygen atoms in total. The number of carbonyl (C=O) groups is 2. The number of hydrogen-bond donors (Lipinski definition) is 2. The van der Waals surface area contributed by atoms with Crippen molar-refractivity contribution in [1.82, 2.24) is 10.2 Å². The molecule has 1 atom stereocenters. The van der Waals surface area contributed by atoms with E-state index in [0.29, 0.717) is 13.2 Å². The molecule has 17 heavy (non-hydrogen) atoms. The molecule has 0 saturated carbocycles. The second-order valence-electron chi connectivity index (χ2n) is 4.21. The van der Waals surface area contributed by atoms with Crippen molar-refractivity contribution < 1.29 is 19.4 Å². The number of amides is 2. The van der Waals surface area contributed by atoms with Gasteiger partial charge in [-0.15, -0.1) is 0 Å². The van der Waals surface area contributed by atoms with E-state index in [2.05, 4.69) is 5.32 Å². The first kappa shape index (κ1) is 15.7. The van der Waals surface area contributed by atoms with Gasteiger partial charge in [0.1, 0.15) is 6.54 Å².